The van der Waals surface area contributed by atoms with Crippen molar-refractivity contribution in [2.75, 3.05) is 13.1 Å². The maximum atomic E-state index is 13.1. The molecule has 0 N–H and O–H groups in total. The Morgan fingerprint density at radius 3 is 2.60 bits per heavy atom. The van der Waals surface area contributed by atoms with E-state index in [-0.39, 0.29) is 17.8 Å². The van der Waals surface area contributed by atoms with Gasteiger partial charge in [-0.3, -0.25) is 24.0 Å². The van der Waals surface area contributed by atoms with E-state index in [1.54, 1.807) is 22.9 Å². The Kier molecular flexibility index (Phi) is 4.58. The molecular weight excluding hydrogens is 385 g/mol. The van der Waals surface area contributed by atoms with Crippen LogP contribution < -0.4 is 11.1 Å². The van der Waals surface area contributed by atoms with Crippen LogP contribution in [0.1, 0.15) is 23.4 Å². The molecule has 5 rings (SSSR count). The molecule has 3 aromatic rings. The topological polar surface area (TPSA) is 73.0 Å². The van der Waals surface area contributed by atoms with Crippen LogP contribution in [-0.2, 0) is 26.1 Å². The summed E-state index contributed by atoms with van der Waals surface area (Å²) in [5.74, 6) is 0.317. The molecule has 7 nitrogen and oxygen atoms in total. The number of hydrogen-bond donors (Lipinski definition) is 0. The summed E-state index contributed by atoms with van der Waals surface area (Å²) in [7, 11) is 0. The van der Waals surface area contributed by atoms with Gasteiger partial charge in [-0.1, -0.05) is 18.2 Å². The van der Waals surface area contributed by atoms with Crippen molar-refractivity contribution in [2.24, 2.45) is 5.41 Å². The van der Waals surface area contributed by atoms with Gasteiger partial charge in [0, 0.05) is 43.9 Å². The van der Waals surface area contributed by atoms with E-state index in [9.17, 15) is 14.0 Å². The van der Waals surface area contributed by atoms with E-state index in [1.807, 2.05) is 12.3 Å². The Morgan fingerprint density at radius 1 is 1.00 bits per heavy atom. The Hall–Kier alpha value is -3.13. The van der Waals surface area contributed by atoms with E-state index < -0.39 is 11.1 Å². The first kappa shape index (κ1) is 18.9. The van der Waals surface area contributed by atoms with Gasteiger partial charge in [0.05, 0.1) is 6.54 Å². The number of nitrogens with zero attached hydrogens (tertiary/aromatic N) is 5. The predicted octanol–water partition coefficient (Wildman–Crippen LogP) is 1.44. The van der Waals surface area contributed by atoms with Crippen LogP contribution in [0.3, 0.4) is 0 Å². The van der Waals surface area contributed by atoms with Crippen molar-refractivity contribution in [3.8, 4) is 0 Å². The molecule has 1 spiro atoms. The van der Waals surface area contributed by atoms with Gasteiger partial charge in [-0.15, -0.1) is 0 Å². The molecule has 0 saturated carbocycles. The molecule has 8 heteroatoms. The van der Waals surface area contributed by atoms with Gasteiger partial charge in [-0.2, -0.15) is 5.10 Å². The van der Waals surface area contributed by atoms with Crippen LogP contribution in [-0.4, -0.2) is 37.3 Å². The summed E-state index contributed by atoms with van der Waals surface area (Å²) in [5.41, 5.74) is 0.670. The average molecular weight is 407 g/mol. The molecule has 2 aromatic heterocycles. The average Bonchev–Trinajstić information content (AvgIpc) is 3.31. The molecule has 154 valence electrons. The molecule has 4 heterocycles. The smallest absolute Gasteiger partial charge is 0.298 e. The lowest BCUT2D eigenvalue weighted by Gasteiger charge is -2.22. The van der Waals surface area contributed by atoms with Crippen molar-refractivity contribution in [1.29, 1.82) is 0 Å². The fraction of sp³-hybridized carbons (Fsp3) is 0.364. The van der Waals surface area contributed by atoms with E-state index in [0.29, 0.717) is 18.8 Å². The van der Waals surface area contributed by atoms with E-state index in [0.717, 1.165) is 31.6 Å². The van der Waals surface area contributed by atoms with Crippen LogP contribution in [0.5, 0.6) is 0 Å². The monoisotopic (exact) mass is 407 g/mol. The summed E-state index contributed by atoms with van der Waals surface area (Å²) in [4.78, 5) is 31.9. The van der Waals surface area contributed by atoms with Gasteiger partial charge >= 0.3 is 11.1 Å². The second-order valence-corrected chi connectivity index (χ2v) is 8.40. The molecule has 0 bridgehead atoms. The van der Waals surface area contributed by atoms with Gasteiger partial charge in [0.2, 0.25) is 0 Å². The van der Waals surface area contributed by atoms with Gasteiger partial charge in [-0.05, 0) is 42.3 Å². The molecule has 1 atom stereocenters. The van der Waals surface area contributed by atoms with Crippen molar-refractivity contribution in [1.82, 2.24) is 24.2 Å². The van der Waals surface area contributed by atoms with Crippen LogP contribution in [0.15, 0.2) is 58.4 Å². The highest BCUT2D eigenvalue weighted by Gasteiger charge is 2.44. The fourth-order valence-electron chi connectivity index (χ4n) is 4.66. The third-order valence-corrected chi connectivity index (χ3v) is 6.13. The highest BCUT2D eigenvalue weighted by Crippen LogP contribution is 2.39. The molecule has 0 radical (unpaired) electrons. The number of hydrogen-bond acceptors (Lipinski definition) is 5. The zero-order valence-electron chi connectivity index (χ0n) is 16.5. The summed E-state index contributed by atoms with van der Waals surface area (Å²) in [6.07, 6.45) is 5.28. The Balaban J connectivity index is 1.36. The number of rotatable bonds is 4. The summed E-state index contributed by atoms with van der Waals surface area (Å²) >= 11 is 0. The molecule has 30 heavy (non-hydrogen) atoms. The van der Waals surface area contributed by atoms with Crippen LogP contribution in [0, 0.1) is 11.2 Å². The number of aromatic nitrogens is 4. The second-order valence-electron chi connectivity index (χ2n) is 8.40. The van der Waals surface area contributed by atoms with Gasteiger partial charge in [0.25, 0.3) is 0 Å². The van der Waals surface area contributed by atoms with Crippen molar-refractivity contribution in [3.63, 3.8) is 0 Å². The maximum Gasteiger partial charge on any atom is 0.332 e. The number of pyridine rings is 1. The molecule has 1 fully saturated rings. The number of halogens is 1. The number of fused-ring (bicyclic) bond motifs is 1. The second kappa shape index (κ2) is 7.28. The van der Waals surface area contributed by atoms with Gasteiger partial charge < -0.3 is 0 Å². The van der Waals surface area contributed by atoms with Crippen molar-refractivity contribution in [2.45, 2.75) is 32.5 Å². The van der Waals surface area contributed by atoms with Gasteiger partial charge in [0.15, 0.2) is 0 Å². The van der Waals surface area contributed by atoms with Crippen LogP contribution in [0.2, 0.25) is 0 Å². The maximum absolute atomic E-state index is 13.1. The lowest BCUT2D eigenvalue weighted by molar-refractivity contribution is 0.246. The van der Waals surface area contributed by atoms with E-state index in [1.165, 1.54) is 22.4 Å². The van der Waals surface area contributed by atoms with Crippen molar-refractivity contribution >= 4 is 0 Å². The molecule has 0 aliphatic carbocycles. The molecule has 1 aromatic carbocycles. The Morgan fingerprint density at radius 2 is 1.83 bits per heavy atom. The highest BCUT2D eigenvalue weighted by atomic mass is 19.1. The fourth-order valence-corrected chi connectivity index (χ4v) is 4.66. The molecule has 2 aliphatic heterocycles. The minimum atomic E-state index is -0.634. The Labute approximate surface area is 172 Å². The summed E-state index contributed by atoms with van der Waals surface area (Å²) in [6, 6.07) is 9.88. The van der Waals surface area contributed by atoms with Crippen LogP contribution >= 0.6 is 0 Å². The highest BCUT2D eigenvalue weighted by molar-refractivity contribution is 5.17. The predicted molar refractivity (Wildman–Crippen MR) is 109 cm³/mol. The van der Waals surface area contributed by atoms with Gasteiger partial charge in [-0.25, -0.2) is 9.07 Å². The van der Waals surface area contributed by atoms with Crippen molar-refractivity contribution in [3.05, 3.63) is 92.3 Å². The van der Waals surface area contributed by atoms with Crippen molar-refractivity contribution < 1.29 is 4.39 Å². The third kappa shape index (κ3) is 3.47. The molecule has 2 aliphatic rings. The standard InChI is InChI=1S/C22H22FN5O2/c23-18-5-3-16(4-6-18)13-28-21(30)20(29)27-15-22(10-19(27)25-28)7-9-26(14-22)12-17-2-1-8-24-11-17/h1-6,8,11H,7,9-10,12-15H2/t22-/m0/s1. The Bertz CT molecular complexity index is 1190. The molecule has 0 amide bonds. The van der Waals surface area contributed by atoms with Crippen LogP contribution in [0.4, 0.5) is 4.39 Å². The third-order valence-electron chi connectivity index (χ3n) is 6.13. The number of benzene rings is 1. The van der Waals surface area contributed by atoms with E-state index >= 15 is 0 Å². The van der Waals surface area contributed by atoms with Gasteiger partial charge in [0.1, 0.15) is 11.6 Å². The van der Waals surface area contributed by atoms with E-state index in [4.69, 9.17) is 0 Å². The first-order valence-corrected chi connectivity index (χ1v) is 10.1. The lowest BCUT2D eigenvalue weighted by atomic mass is 9.86. The van der Waals surface area contributed by atoms with Crippen LogP contribution in [0.25, 0.3) is 0 Å². The number of likely N-dealkylation sites (tertiary alicyclic amines) is 1. The SMILES string of the molecule is O=c1c(=O)n2c(nn1Cc1ccc(F)cc1)C[C@]1(CCN(Cc3cccnc3)C1)C2. The largest absolute Gasteiger partial charge is 0.332 e. The minimum Gasteiger partial charge on any atom is -0.298 e. The zero-order chi connectivity index (χ0) is 20.7. The first-order chi connectivity index (χ1) is 14.5. The minimum absolute atomic E-state index is 0.0666. The molecule has 1 saturated heterocycles. The zero-order valence-corrected chi connectivity index (χ0v) is 16.5. The molecular formula is C22H22FN5O2. The molecule has 0 unspecified atom stereocenters. The first-order valence-electron chi connectivity index (χ1n) is 10.1. The summed E-state index contributed by atoms with van der Waals surface area (Å²) in [6.45, 7) is 3.31. The summed E-state index contributed by atoms with van der Waals surface area (Å²) < 4.78 is 15.9. The quantitative estimate of drug-likeness (QED) is 0.612. The van der Waals surface area contributed by atoms with E-state index in [2.05, 4.69) is 21.0 Å². The summed E-state index contributed by atoms with van der Waals surface area (Å²) in [5, 5.41) is 4.50. The normalized spacial score (nSPS) is 20.7. The lowest BCUT2D eigenvalue weighted by Crippen LogP contribution is -2.43.